The quantitative estimate of drug-likeness (QED) is 0.453. The summed E-state index contributed by atoms with van der Waals surface area (Å²) in [6, 6.07) is 5.67. The summed E-state index contributed by atoms with van der Waals surface area (Å²) in [5.41, 5.74) is 1.90. The Labute approximate surface area is 164 Å². The number of aromatic nitrogens is 4. The van der Waals surface area contributed by atoms with Gasteiger partial charge in [0.05, 0.1) is 12.9 Å². The van der Waals surface area contributed by atoms with Crippen molar-refractivity contribution >= 4 is 17.0 Å². The van der Waals surface area contributed by atoms with Crippen molar-refractivity contribution in [2.24, 2.45) is 0 Å². The van der Waals surface area contributed by atoms with E-state index in [1.54, 1.807) is 0 Å². The first kappa shape index (κ1) is 18.1. The van der Waals surface area contributed by atoms with Gasteiger partial charge in [0.2, 0.25) is 6.79 Å². The Kier molecular flexibility index (Phi) is 4.43. The van der Waals surface area contributed by atoms with Crippen molar-refractivity contribution in [3.05, 3.63) is 36.4 Å². The van der Waals surface area contributed by atoms with E-state index in [9.17, 15) is 15.3 Å². The van der Waals surface area contributed by atoms with Crippen molar-refractivity contribution in [2.75, 3.05) is 18.7 Å². The molecule has 3 aromatic rings. The lowest BCUT2D eigenvalue weighted by Gasteiger charge is -2.16. The molecule has 0 aliphatic carbocycles. The standard InChI is InChI=1S/C18H19N5O6/c24-5-12-14(25)15(26)18(29-12)23-7-22-13-16(20-6-21-17(13)23)19-4-9-1-2-10-11(3-9)28-8-27-10/h1-3,6-7,12,14-15,18,24-26H,4-5,8H2,(H,19,20,21)/t12-,14?,15+,18-/m1/s1. The molecule has 152 valence electrons. The number of aliphatic hydroxyl groups excluding tert-OH is 3. The topological polar surface area (TPSA) is 144 Å². The van der Waals surface area contributed by atoms with E-state index in [1.165, 1.54) is 17.2 Å². The Morgan fingerprint density at radius 3 is 2.79 bits per heavy atom. The highest BCUT2D eigenvalue weighted by Crippen LogP contribution is 2.34. The molecule has 1 unspecified atom stereocenters. The predicted octanol–water partition coefficient (Wildman–Crippen LogP) is -0.221. The van der Waals surface area contributed by atoms with E-state index in [0.717, 1.165) is 11.3 Å². The first-order valence-corrected chi connectivity index (χ1v) is 9.08. The SMILES string of the molecule is OC[C@H]1O[C@@H](n2cnc3c(NCc4ccc5c(c4)OCO5)ncnc32)[C@@H](O)C1O. The van der Waals surface area contributed by atoms with Crippen LogP contribution in [-0.2, 0) is 11.3 Å². The maximum atomic E-state index is 10.3. The molecule has 0 bridgehead atoms. The van der Waals surface area contributed by atoms with E-state index in [2.05, 4.69) is 20.3 Å². The first-order chi connectivity index (χ1) is 14.2. The van der Waals surface area contributed by atoms with Crippen LogP contribution < -0.4 is 14.8 Å². The van der Waals surface area contributed by atoms with Gasteiger partial charge in [-0.25, -0.2) is 15.0 Å². The number of benzene rings is 1. The van der Waals surface area contributed by atoms with Gasteiger partial charge in [-0.3, -0.25) is 4.57 Å². The van der Waals surface area contributed by atoms with Gasteiger partial charge in [-0.2, -0.15) is 0 Å². The predicted molar refractivity (Wildman–Crippen MR) is 98.2 cm³/mol. The molecule has 4 N–H and O–H groups in total. The van der Waals surface area contributed by atoms with Crippen molar-refractivity contribution in [2.45, 2.75) is 31.1 Å². The highest BCUT2D eigenvalue weighted by atomic mass is 16.7. The fraction of sp³-hybridized carbons (Fsp3) is 0.389. The zero-order valence-electron chi connectivity index (χ0n) is 15.2. The van der Waals surface area contributed by atoms with Gasteiger partial charge >= 0.3 is 0 Å². The van der Waals surface area contributed by atoms with Crippen LogP contribution in [0.15, 0.2) is 30.9 Å². The molecule has 0 saturated carbocycles. The second-order valence-corrected chi connectivity index (χ2v) is 6.82. The number of nitrogens with zero attached hydrogens (tertiary/aromatic N) is 4. The van der Waals surface area contributed by atoms with Crippen LogP contribution in [0.4, 0.5) is 5.82 Å². The summed E-state index contributed by atoms with van der Waals surface area (Å²) in [4.78, 5) is 12.8. The molecule has 0 spiro atoms. The van der Waals surface area contributed by atoms with Crippen LogP contribution >= 0.6 is 0 Å². The number of nitrogens with one attached hydrogen (secondary N) is 1. The maximum absolute atomic E-state index is 10.3. The number of rotatable bonds is 5. The van der Waals surface area contributed by atoms with Gasteiger partial charge in [0.1, 0.15) is 24.6 Å². The minimum absolute atomic E-state index is 0.219. The van der Waals surface area contributed by atoms with E-state index < -0.39 is 31.1 Å². The Bertz CT molecular complexity index is 1040. The van der Waals surface area contributed by atoms with E-state index >= 15 is 0 Å². The summed E-state index contributed by atoms with van der Waals surface area (Å²) in [5.74, 6) is 1.93. The van der Waals surface area contributed by atoms with E-state index in [0.29, 0.717) is 29.3 Å². The van der Waals surface area contributed by atoms with Gasteiger partial charge in [-0.1, -0.05) is 6.07 Å². The van der Waals surface area contributed by atoms with E-state index in [4.69, 9.17) is 14.2 Å². The molecule has 4 heterocycles. The average molecular weight is 401 g/mol. The van der Waals surface area contributed by atoms with Crippen LogP contribution in [0.5, 0.6) is 11.5 Å². The van der Waals surface area contributed by atoms with Crippen LogP contribution in [0.3, 0.4) is 0 Å². The van der Waals surface area contributed by atoms with E-state index in [1.807, 2.05) is 18.2 Å². The molecule has 1 fully saturated rings. The van der Waals surface area contributed by atoms with Gasteiger partial charge in [0, 0.05) is 6.54 Å². The second kappa shape index (κ2) is 7.12. The summed E-state index contributed by atoms with van der Waals surface area (Å²) < 4.78 is 17.8. The molecule has 2 aliphatic rings. The second-order valence-electron chi connectivity index (χ2n) is 6.82. The zero-order valence-corrected chi connectivity index (χ0v) is 15.2. The minimum atomic E-state index is -1.22. The zero-order chi connectivity index (χ0) is 20.0. The van der Waals surface area contributed by atoms with Gasteiger partial charge < -0.3 is 34.8 Å². The summed E-state index contributed by atoms with van der Waals surface area (Å²) in [7, 11) is 0. The van der Waals surface area contributed by atoms with Gasteiger partial charge in [0.15, 0.2) is 34.7 Å². The van der Waals surface area contributed by atoms with E-state index in [-0.39, 0.29) is 6.79 Å². The summed E-state index contributed by atoms with van der Waals surface area (Å²) in [6.07, 6.45) is -1.37. The number of fused-ring (bicyclic) bond motifs is 2. The third-order valence-electron chi connectivity index (χ3n) is 5.05. The molecule has 11 heteroatoms. The maximum Gasteiger partial charge on any atom is 0.231 e. The Hall–Kier alpha value is -2.99. The molecule has 29 heavy (non-hydrogen) atoms. The third kappa shape index (κ3) is 3.04. The number of ether oxygens (including phenoxy) is 3. The number of hydrogen-bond donors (Lipinski definition) is 4. The molecular weight excluding hydrogens is 382 g/mol. The highest BCUT2D eigenvalue weighted by Gasteiger charge is 2.44. The van der Waals surface area contributed by atoms with Crippen molar-refractivity contribution in [1.29, 1.82) is 0 Å². The lowest BCUT2D eigenvalue weighted by atomic mass is 10.1. The lowest BCUT2D eigenvalue weighted by Crippen LogP contribution is -2.33. The molecule has 2 aromatic heterocycles. The molecule has 5 rings (SSSR count). The minimum Gasteiger partial charge on any atom is -0.454 e. The van der Waals surface area contributed by atoms with Gasteiger partial charge in [0.25, 0.3) is 0 Å². The molecule has 11 nitrogen and oxygen atoms in total. The number of imidazole rings is 1. The van der Waals surface area contributed by atoms with Crippen molar-refractivity contribution in [1.82, 2.24) is 19.5 Å². The third-order valence-corrected chi connectivity index (χ3v) is 5.05. The molecule has 0 amide bonds. The Morgan fingerprint density at radius 2 is 1.97 bits per heavy atom. The molecule has 1 aromatic carbocycles. The molecule has 1 saturated heterocycles. The molecule has 2 aliphatic heterocycles. The van der Waals surface area contributed by atoms with Crippen molar-refractivity contribution in [3.63, 3.8) is 0 Å². The summed E-state index contributed by atoms with van der Waals surface area (Å²) in [6.45, 7) is 0.291. The smallest absolute Gasteiger partial charge is 0.231 e. The van der Waals surface area contributed by atoms with Crippen LogP contribution in [-0.4, -0.2) is 66.6 Å². The monoisotopic (exact) mass is 401 g/mol. The van der Waals surface area contributed by atoms with Crippen molar-refractivity contribution < 1.29 is 29.5 Å². The van der Waals surface area contributed by atoms with Crippen molar-refractivity contribution in [3.8, 4) is 11.5 Å². The number of aliphatic hydroxyl groups is 3. The average Bonchev–Trinajstić information content (AvgIpc) is 3.44. The van der Waals surface area contributed by atoms with Crippen LogP contribution in [0.2, 0.25) is 0 Å². The molecule has 0 radical (unpaired) electrons. The molecule has 4 atom stereocenters. The number of hydrogen-bond acceptors (Lipinski definition) is 10. The lowest BCUT2D eigenvalue weighted by molar-refractivity contribution is -0.0511. The number of anilines is 1. The van der Waals surface area contributed by atoms with Crippen LogP contribution in [0.25, 0.3) is 11.2 Å². The normalized spacial score (nSPS) is 25.6. The van der Waals surface area contributed by atoms with Gasteiger partial charge in [-0.15, -0.1) is 0 Å². The Balaban J connectivity index is 1.39. The fourth-order valence-corrected chi connectivity index (χ4v) is 3.51. The Morgan fingerprint density at radius 1 is 1.10 bits per heavy atom. The summed E-state index contributed by atoms with van der Waals surface area (Å²) >= 11 is 0. The van der Waals surface area contributed by atoms with Crippen LogP contribution in [0.1, 0.15) is 11.8 Å². The summed E-state index contributed by atoms with van der Waals surface area (Å²) in [5, 5.41) is 32.8. The first-order valence-electron chi connectivity index (χ1n) is 9.08. The highest BCUT2D eigenvalue weighted by molar-refractivity contribution is 5.82. The largest absolute Gasteiger partial charge is 0.454 e. The van der Waals surface area contributed by atoms with Crippen LogP contribution in [0, 0.1) is 0 Å². The fourth-order valence-electron chi connectivity index (χ4n) is 3.51. The molecular formula is C18H19N5O6. The van der Waals surface area contributed by atoms with Gasteiger partial charge in [-0.05, 0) is 17.7 Å².